The van der Waals surface area contributed by atoms with Gasteiger partial charge in [-0.15, -0.1) is 0 Å². The van der Waals surface area contributed by atoms with Crippen molar-refractivity contribution in [2.24, 2.45) is 0 Å². The van der Waals surface area contributed by atoms with Gasteiger partial charge in [-0.1, -0.05) is 129 Å². The minimum absolute atomic E-state index is 0. The van der Waals surface area contributed by atoms with Gasteiger partial charge in [-0.2, -0.15) is 0 Å². The molecule has 180 valence electrons. The van der Waals surface area contributed by atoms with Crippen LogP contribution in [0.2, 0.25) is 0 Å². The minimum atomic E-state index is -0.125. The predicted molar refractivity (Wildman–Crippen MR) is 130 cm³/mol. The van der Waals surface area contributed by atoms with Crippen molar-refractivity contribution in [2.45, 2.75) is 142 Å². The number of hydrogen-bond acceptors (Lipinski definition) is 3. The van der Waals surface area contributed by atoms with Crippen LogP contribution in [0.4, 0.5) is 0 Å². The van der Waals surface area contributed by atoms with Crippen molar-refractivity contribution in [3.63, 3.8) is 0 Å². The fourth-order valence-electron chi connectivity index (χ4n) is 3.49. The maximum absolute atomic E-state index is 7.62. The van der Waals surface area contributed by atoms with E-state index in [0.29, 0.717) is 0 Å². The third-order valence-electron chi connectivity index (χ3n) is 5.38. The summed E-state index contributed by atoms with van der Waals surface area (Å²) in [5.41, 5.74) is 0. The molecule has 0 bridgehead atoms. The van der Waals surface area contributed by atoms with Crippen molar-refractivity contribution >= 4 is 0 Å². The summed E-state index contributed by atoms with van der Waals surface area (Å²) in [6.07, 6.45) is 28.2. The molecule has 0 saturated carbocycles. The Morgan fingerprint density at radius 2 is 0.667 bits per heavy atom. The Hall–Kier alpha value is 0.880. The molecule has 30 heavy (non-hydrogen) atoms. The van der Waals surface area contributed by atoms with Gasteiger partial charge in [0.2, 0.25) is 0 Å². The summed E-state index contributed by atoms with van der Waals surface area (Å²) in [5.74, 6) is 0. The number of aliphatic hydroxyl groups excluding tert-OH is 2. The second-order valence-electron chi connectivity index (χ2n) is 8.42. The van der Waals surface area contributed by atoms with Gasteiger partial charge < -0.3 is 16.4 Å². The second kappa shape index (κ2) is 37.2. The molecule has 0 aromatic heterocycles. The third-order valence-corrected chi connectivity index (χ3v) is 5.38. The van der Waals surface area contributed by atoms with Gasteiger partial charge in [-0.25, -0.2) is 0 Å². The molecule has 0 aliphatic heterocycles. The van der Waals surface area contributed by atoms with Crippen molar-refractivity contribution in [3.8, 4) is 0 Å². The monoisotopic (exact) mass is 440 g/mol. The number of ether oxygens (including phenoxy) is 1. The summed E-state index contributed by atoms with van der Waals surface area (Å²) < 4.78 is 5.78. The zero-order valence-electron chi connectivity index (χ0n) is 22.3. The van der Waals surface area contributed by atoms with Gasteiger partial charge in [0.15, 0.2) is 0 Å². The zero-order valence-corrected chi connectivity index (χ0v) is 23.3. The molecule has 3 nitrogen and oxygen atoms in total. The second-order valence-corrected chi connectivity index (χ2v) is 8.42. The Labute approximate surface area is 213 Å². The van der Waals surface area contributed by atoms with Gasteiger partial charge in [0.05, 0.1) is 13.2 Å². The van der Waals surface area contributed by atoms with E-state index in [1.807, 2.05) is 0 Å². The van der Waals surface area contributed by atoms with Crippen LogP contribution in [0.15, 0.2) is 0 Å². The molecule has 0 rings (SSSR count). The summed E-state index contributed by atoms with van der Waals surface area (Å²) in [6.45, 7) is 6.32. The molecule has 0 aliphatic carbocycles. The van der Waals surface area contributed by atoms with Crippen LogP contribution in [0.5, 0.6) is 0 Å². The molecule has 0 heterocycles. The van der Waals surface area contributed by atoms with Crippen LogP contribution in [0.3, 0.4) is 0 Å². The van der Waals surface area contributed by atoms with Gasteiger partial charge in [0.1, 0.15) is 0 Å². The molecule has 0 atom stereocenters. The average molecular weight is 441 g/mol. The Morgan fingerprint density at radius 3 is 0.900 bits per heavy atom. The molecule has 0 spiro atoms. The Kier molecular flexibility index (Phi) is 44.0. The van der Waals surface area contributed by atoms with Crippen LogP contribution in [0.1, 0.15) is 144 Å². The fraction of sp³-hybridized carbons (Fsp3) is 1.00. The summed E-state index contributed by atoms with van der Waals surface area (Å²) in [5, 5.41) is 15.2. The molecule has 0 fully saturated rings. The SMILES string of the molecule is CCCCCCCCCCCCOCCCCCCCCCCCC.OCCO.[H-].[Na+]. The van der Waals surface area contributed by atoms with Gasteiger partial charge in [-0.3, -0.25) is 0 Å². The Bertz CT molecular complexity index is 235. The first-order chi connectivity index (χ1) is 14.3. The first kappa shape index (κ1) is 35.5. The number of unbranched alkanes of at least 4 members (excludes halogenated alkanes) is 18. The predicted octanol–water partition coefficient (Wildman–Crippen LogP) is 4.93. The van der Waals surface area contributed by atoms with Crippen molar-refractivity contribution in [3.05, 3.63) is 0 Å². The molecule has 0 aromatic rings. The fourth-order valence-corrected chi connectivity index (χ4v) is 3.49. The quantitative estimate of drug-likeness (QED) is 0.175. The van der Waals surface area contributed by atoms with Crippen LogP contribution < -0.4 is 29.6 Å². The standard InChI is InChI=1S/C24H50O.C2H6O2.Na.H/c1-3-5-7-9-11-13-15-17-19-21-23-25-24-22-20-18-16-14-12-10-8-6-4-2;3-1-2-4;;/h3-24H2,1-2H3;3-4H,1-2H2;;/q;;+1;-1. The third kappa shape index (κ3) is 39.4. The van der Waals surface area contributed by atoms with Crippen LogP contribution in [0, 0.1) is 0 Å². The van der Waals surface area contributed by atoms with E-state index in [0.717, 1.165) is 13.2 Å². The van der Waals surface area contributed by atoms with Gasteiger partial charge in [0, 0.05) is 13.2 Å². The first-order valence-electron chi connectivity index (χ1n) is 13.1. The molecule has 0 amide bonds. The van der Waals surface area contributed by atoms with Crippen molar-refractivity contribution in [1.82, 2.24) is 0 Å². The topological polar surface area (TPSA) is 49.7 Å². The van der Waals surface area contributed by atoms with E-state index in [4.69, 9.17) is 14.9 Å². The van der Waals surface area contributed by atoms with E-state index in [9.17, 15) is 0 Å². The first-order valence-corrected chi connectivity index (χ1v) is 13.1. The number of aliphatic hydroxyl groups is 2. The van der Waals surface area contributed by atoms with Gasteiger partial charge in [0.25, 0.3) is 0 Å². The van der Waals surface area contributed by atoms with Crippen LogP contribution in [-0.4, -0.2) is 36.6 Å². The number of hydrogen-bond donors (Lipinski definition) is 2. The number of rotatable bonds is 23. The van der Waals surface area contributed by atoms with E-state index >= 15 is 0 Å². The molecule has 0 radical (unpaired) electrons. The molecule has 0 aliphatic rings. The molecule has 0 unspecified atom stereocenters. The largest absolute Gasteiger partial charge is 1.00 e. The molecule has 0 saturated heterocycles. The summed E-state index contributed by atoms with van der Waals surface area (Å²) in [7, 11) is 0. The molecular formula is C26H57NaO3. The van der Waals surface area contributed by atoms with E-state index in [1.54, 1.807) is 0 Å². The van der Waals surface area contributed by atoms with Crippen molar-refractivity contribution < 1.29 is 45.9 Å². The molecule has 2 N–H and O–H groups in total. The Balaban J connectivity index is -0.000000555. The van der Waals surface area contributed by atoms with E-state index in [-0.39, 0.29) is 44.2 Å². The van der Waals surface area contributed by atoms with Crippen LogP contribution in [-0.2, 0) is 4.74 Å². The van der Waals surface area contributed by atoms with E-state index in [2.05, 4.69) is 13.8 Å². The molecular weight excluding hydrogens is 383 g/mol. The van der Waals surface area contributed by atoms with Gasteiger partial charge in [-0.05, 0) is 12.8 Å². The summed E-state index contributed by atoms with van der Waals surface area (Å²) in [6, 6.07) is 0. The van der Waals surface area contributed by atoms with Crippen molar-refractivity contribution in [1.29, 1.82) is 0 Å². The Morgan fingerprint density at radius 1 is 0.433 bits per heavy atom. The minimum Gasteiger partial charge on any atom is -1.00 e. The maximum Gasteiger partial charge on any atom is 1.00 e. The van der Waals surface area contributed by atoms with E-state index in [1.165, 1.54) is 128 Å². The normalized spacial score (nSPS) is 10.4. The average Bonchev–Trinajstić information content (AvgIpc) is 2.75. The van der Waals surface area contributed by atoms with Gasteiger partial charge >= 0.3 is 29.6 Å². The smallest absolute Gasteiger partial charge is 1.00 e. The summed E-state index contributed by atoms with van der Waals surface area (Å²) >= 11 is 0. The van der Waals surface area contributed by atoms with Crippen LogP contribution in [0.25, 0.3) is 0 Å². The molecule has 4 heteroatoms. The maximum atomic E-state index is 7.62. The molecule has 0 aromatic carbocycles. The zero-order chi connectivity index (χ0) is 21.7. The van der Waals surface area contributed by atoms with Crippen LogP contribution >= 0.6 is 0 Å². The van der Waals surface area contributed by atoms with Crippen molar-refractivity contribution in [2.75, 3.05) is 26.4 Å². The van der Waals surface area contributed by atoms with E-state index < -0.39 is 0 Å². The summed E-state index contributed by atoms with van der Waals surface area (Å²) in [4.78, 5) is 0.